The number of aryl methyl sites for hydroxylation is 2. The number of sulfonamides is 1. The molecule has 1 N–H and O–H groups in total. The molecule has 4 rings (SSSR count). The van der Waals surface area contributed by atoms with Crippen LogP contribution in [0.2, 0.25) is 0 Å². The summed E-state index contributed by atoms with van der Waals surface area (Å²) in [5.41, 5.74) is 3.02. The summed E-state index contributed by atoms with van der Waals surface area (Å²) < 4.78 is 35.2. The molecule has 0 fully saturated rings. The average Bonchev–Trinajstić information content (AvgIpc) is 3.03. The predicted molar refractivity (Wildman–Crippen MR) is 178 cm³/mol. The lowest BCUT2D eigenvalue weighted by Gasteiger charge is -2.32. The largest absolute Gasteiger partial charge is 0.457 e. The SMILES string of the molecule is CCC(C)NC(=O)C(C)N(Cc1ccccc1C)C(=O)CN(c1ccc(Oc2ccccc2)cc1)S(=O)(=O)c1ccc(C)cc1. The van der Waals surface area contributed by atoms with E-state index in [0.29, 0.717) is 11.5 Å². The van der Waals surface area contributed by atoms with Crippen molar-refractivity contribution in [2.45, 2.75) is 64.6 Å². The topological polar surface area (TPSA) is 96.0 Å². The second-order valence-corrected chi connectivity index (χ2v) is 13.0. The zero-order valence-electron chi connectivity index (χ0n) is 26.4. The molecule has 0 saturated heterocycles. The first-order valence-electron chi connectivity index (χ1n) is 15.1. The third kappa shape index (κ3) is 8.51. The number of nitrogens with zero attached hydrogens (tertiary/aromatic N) is 2. The molecule has 4 aromatic carbocycles. The highest BCUT2D eigenvalue weighted by atomic mass is 32.2. The molecule has 9 heteroatoms. The molecule has 2 unspecified atom stereocenters. The van der Waals surface area contributed by atoms with E-state index in [9.17, 15) is 18.0 Å². The van der Waals surface area contributed by atoms with Gasteiger partial charge in [0, 0.05) is 12.6 Å². The Bertz CT molecular complexity index is 1690. The first-order valence-corrected chi connectivity index (χ1v) is 16.5. The average molecular weight is 628 g/mol. The summed E-state index contributed by atoms with van der Waals surface area (Å²) in [5.74, 6) is 0.341. The van der Waals surface area contributed by atoms with Gasteiger partial charge in [0.15, 0.2) is 0 Å². The van der Waals surface area contributed by atoms with Crippen molar-refractivity contribution >= 4 is 27.5 Å². The summed E-state index contributed by atoms with van der Waals surface area (Å²) in [6.45, 7) is 8.98. The van der Waals surface area contributed by atoms with E-state index in [2.05, 4.69) is 5.32 Å². The molecule has 0 radical (unpaired) electrons. The first kappa shape index (κ1) is 33.3. The van der Waals surface area contributed by atoms with Crippen LogP contribution < -0.4 is 14.4 Å². The van der Waals surface area contributed by atoms with E-state index in [0.717, 1.165) is 27.4 Å². The number of carbonyl (C=O) groups is 2. The van der Waals surface area contributed by atoms with E-state index in [1.54, 1.807) is 43.3 Å². The van der Waals surface area contributed by atoms with Crippen LogP contribution >= 0.6 is 0 Å². The maximum absolute atomic E-state index is 14.2. The van der Waals surface area contributed by atoms with Crippen molar-refractivity contribution in [3.63, 3.8) is 0 Å². The van der Waals surface area contributed by atoms with E-state index in [1.807, 2.05) is 82.3 Å². The molecule has 0 aliphatic carbocycles. The van der Waals surface area contributed by atoms with Gasteiger partial charge in [-0.2, -0.15) is 0 Å². The number of carbonyl (C=O) groups excluding carboxylic acids is 2. The molecule has 8 nitrogen and oxygen atoms in total. The van der Waals surface area contributed by atoms with Crippen LogP contribution in [0.15, 0.2) is 108 Å². The van der Waals surface area contributed by atoms with Crippen LogP contribution in [0.5, 0.6) is 11.5 Å². The summed E-state index contributed by atoms with van der Waals surface area (Å²) in [7, 11) is -4.18. The van der Waals surface area contributed by atoms with E-state index in [-0.39, 0.29) is 29.1 Å². The van der Waals surface area contributed by atoms with E-state index in [4.69, 9.17) is 4.74 Å². The van der Waals surface area contributed by atoms with Gasteiger partial charge in [0.2, 0.25) is 11.8 Å². The number of hydrogen-bond acceptors (Lipinski definition) is 5. The fourth-order valence-electron chi connectivity index (χ4n) is 4.69. The van der Waals surface area contributed by atoms with Gasteiger partial charge in [0.1, 0.15) is 24.1 Å². The maximum atomic E-state index is 14.2. The van der Waals surface area contributed by atoms with E-state index >= 15 is 0 Å². The van der Waals surface area contributed by atoms with Crippen LogP contribution in [0, 0.1) is 13.8 Å². The number of rotatable bonds is 13. The highest BCUT2D eigenvalue weighted by molar-refractivity contribution is 7.92. The maximum Gasteiger partial charge on any atom is 0.264 e. The molecule has 0 aromatic heterocycles. The zero-order chi connectivity index (χ0) is 32.6. The lowest BCUT2D eigenvalue weighted by Crippen LogP contribution is -2.52. The molecular formula is C36H41N3O5S. The number of benzene rings is 4. The minimum atomic E-state index is -4.18. The number of nitrogens with one attached hydrogen (secondary N) is 1. The molecule has 0 aliphatic rings. The summed E-state index contributed by atoms with van der Waals surface area (Å²) in [5, 5.41) is 2.96. The lowest BCUT2D eigenvalue weighted by atomic mass is 10.1. The van der Waals surface area contributed by atoms with Gasteiger partial charge in [-0.3, -0.25) is 13.9 Å². The summed E-state index contributed by atoms with van der Waals surface area (Å²) in [4.78, 5) is 29.0. The Kier molecular flexibility index (Phi) is 11.0. The van der Waals surface area contributed by atoms with Crippen LogP contribution in [0.3, 0.4) is 0 Å². The van der Waals surface area contributed by atoms with Crippen LogP contribution in [-0.4, -0.2) is 43.8 Å². The second-order valence-electron chi connectivity index (χ2n) is 11.2. The highest BCUT2D eigenvalue weighted by Gasteiger charge is 2.33. The molecule has 0 bridgehead atoms. The number of para-hydroxylation sites is 1. The monoisotopic (exact) mass is 627 g/mol. The lowest BCUT2D eigenvalue weighted by molar-refractivity contribution is -0.139. The Morgan fingerprint density at radius 1 is 0.800 bits per heavy atom. The zero-order valence-corrected chi connectivity index (χ0v) is 27.3. The van der Waals surface area contributed by atoms with Gasteiger partial charge >= 0.3 is 0 Å². The van der Waals surface area contributed by atoms with Crippen molar-refractivity contribution in [3.05, 3.63) is 120 Å². The highest BCUT2D eigenvalue weighted by Crippen LogP contribution is 2.29. The minimum absolute atomic E-state index is 0.0542. The molecular weight excluding hydrogens is 586 g/mol. The molecule has 45 heavy (non-hydrogen) atoms. The van der Waals surface area contributed by atoms with Crippen LogP contribution in [0.25, 0.3) is 0 Å². The minimum Gasteiger partial charge on any atom is -0.457 e. The van der Waals surface area contributed by atoms with E-state index in [1.165, 1.54) is 17.0 Å². The van der Waals surface area contributed by atoms with Gasteiger partial charge in [0.25, 0.3) is 10.0 Å². The Hall–Kier alpha value is -4.63. The van der Waals surface area contributed by atoms with Gasteiger partial charge in [-0.15, -0.1) is 0 Å². The Morgan fingerprint density at radius 2 is 1.40 bits per heavy atom. The molecule has 2 amide bonds. The molecule has 0 spiro atoms. The quantitative estimate of drug-likeness (QED) is 0.180. The Morgan fingerprint density at radius 3 is 2.02 bits per heavy atom. The number of anilines is 1. The van der Waals surface area contributed by atoms with Crippen molar-refractivity contribution < 1.29 is 22.7 Å². The molecule has 0 aliphatic heterocycles. The standard InChI is InChI=1S/C36H41N3O5S/c1-6-28(4)37-36(41)29(5)38(24-30-13-11-10-12-27(30)3)35(40)25-39(45(42,43)34-22-16-26(2)17-23-34)31-18-20-33(21-19-31)44-32-14-8-7-9-15-32/h7-23,28-29H,6,24-25H2,1-5H3,(H,37,41). The van der Waals surface area contributed by atoms with Gasteiger partial charge in [-0.05, 0) is 93.8 Å². The summed E-state index contributed by atoms with van der Waals surface area (Å²) >= 11 is 0. The van der Waals surface area contributed by atoms with Gasteiger partial charge in [-0.25, -0.2) is 8.42 Å². The normalized spacial score (nSPS) is 12.6. The third-order valence-electron chi connectivity index (χ3n) is 7.76. The van der Waals surface area contributed by atoms with Gasteiger partial charge < -0.3 is 15.0 Å². The summed E-state index contributed by atoms with van der Waals surface area (Å²) in [6.07, 6.45) is 0.733. The number of amides is 2. The van der Waals surface area contributed by atoms with Crippen LogP contribution in [0.1, 0.15) is 43.9 Å². The fraction of sp³-hybridized carbons (Fsp3) is 0.278. The smallest absolute Gasteiger partial charge is 0.264 e. The molecule has 2 atom stereocenters. The number of hydrogen-bond donors (Lipinski definition) is 1. The second kappa shape index (κ2) is 14.9. The van der Waals surface area contributed by atoms with Crippen LogP contribution in [0.4, 0.5) is 5.69 Å². The molecule has 236 valence electrons. The van der Waals surface area contributed by atoms with Crippen molar-refractivity contribution in [2.75, 3.05) is 10.8 Å². The fourth-order valence-corrected chi connectivity index (χ4v) is 6.10. The van der Waals surface area contributed by atoms with Crippen molar-refractivity contribution in [2.24, 2.45) is 0 Å². The third-order valence-corrected chi connectivity index (χ3v) is 9.55. The molecule has 4 aromatic rings. The van der Waals surface area contributed by atoms with Crippen LogP contribution in [-0.2, 0) is 26.2 Å². The first-order chi connectivity index (χ1) is 21.5. The van der Waals surface area contributed by atoms with Crippen molar-refractivity contribution in [3.8, 4) is 11.5 Å². The Labute approximate surface area is 266 Å². The van der Waals surface area contributed by atoms with Gasteiger partial charge in [-0.1, -0.05) is 67.1 Å². The van der Waals surface area contributed by atoms with Gasteiger partial charge in [0.05, 0.1) is 10.6 Å². The molecule has 0 saturated carbocycles. The summed E-state index contributed by atoms with van der Waals surface area (Å²) in [6, 6.07) is 29.0. The number of ether oxygens (including phenoxy) is 1. The predicted octanol–water partition coefficient (Wildman–Crippen LogP) is 6.62. The van der Waals surface area contributed by atoms with Crippen molar-refractivity contribution in [1.29, 1.82) is 0 Å². The van der Waals surface area contributed by atoms with Crippen molar-refractivity contribution in [1.82, 2.24) is 10.2 Å². The van der Waals surface area contributed by atoms with E-state index < -0.39 is 28.5 Å². The Balaban J connectivity index is 1.71. The molecule has 0 heterocycles.